The van der Waals surface area contributed by atoms with Crippen molar-refractivity contribution in [3.63, 3.8) is 0 Å². The summed E-state index contributed by atoms with van der Waals surface area (Å²) >= 11 is 6.02. The summed E-state index contributed by atoms with van der Waals surface area (Å²) in [5, 5.41) is 4.57. The van der Waals surface area contributed by atoms with E-state index in [1.807, 2.05) is 43.0 Å². The summed E-state index contributed by atoms with van der Waals surface area (Å²) in [6, 6.07) is 7.41. The molecule has 0 unspecified atom stereocenters. The average molecular weight is 376 g/mol. The molecule has 0 saturated carbocycles. The first-order valence-corrected chi connectivity index (χ1v) is 9.72. The zero-order chi connectivity index (χ0) is 18.7. The molecule has 1 saturated heterocycles. The van der Waals surface area contributed by atoms with Gasteiger partial charge in [-0.1, -0.05) is 25.4 Å². The first-order valence-electron chi connectivity index (χ1n) is 9.35. The molecule has 6 heteroatoms. The number of fused-ring (bicyclic) bond motifs is 1. The summed E-state index contributed by atoms with van der Waals surface area (Å²) in [7, 11) is 0. The molecule has 1 aliphatic heterocycles. The van der Waals surface area contributed by atoms with Gasteiger partial charge in [-0.15, -0.1) is 0 Å². The Morgan fingerprint density at radius 1 is 1.31 bits per heavy atom. The van der Waals surface area contributed by atoms with Crippen LogP contribution in [0.3, 0.4) is 0 Å². The van der Waals surface area contributed by atoms with Crippen molar-refractivity contribution in [3.8, 4) is 0 Å². The van der Waals surface area contributed by atoms with Crippen LogP contribution in [0.4, 0.5) is 0 Å². The fourth-order valence-corrected chi connectivity index (χ4v) is 3.80. The van der Waals surface area contributed by atoms with Crippen LogP contribution >= 0.6 is 11.6 Å². The zero-order valence-electron chi connectivity index (χ0n) is 15.3. The van der Waals surface area contributed by atoms with Crippen molar-refractivity contribution in [1.29, 1.82) is 0 Å². The Bertz CT molecular complexity index is 793. The lowest BCUT2D eigenvalue weighted by molar-refractivity contribution is -0.126. The molecule has 2 aromatic rings. The summed E-state index contributed by atoms with van der Waals surface area (Å²) in [6.45, 7) is 6.14. The maximum absolute atomic E-state index is 12.8. The van der Waals surface area contributed by atoms with E-state index in [1.54, 1.807) is 0 Å². The summed E-state index contributed by atoms with van der Waals surface area (Å²) in [5.41, 5.74) is 1.50. The molecule has 0 aliphatic carbocycles. The summed E-state index contributed by atoms with van der Waals surface area (Å²) < 4.78 is 0. The number of hydrogen-bond donors (Lipinski definition) is 2. The van der Waals surface area contributed by atoms with E-state index in [4.69, 9.17) is 11.6 Å². The smallest absolute Gasteiger partial charge is 0.270 e. The number of hydrogen-bond acceptors (Lipinski definition) is 2. The van der Waals surface area contributed by atoms with E-state index in [1.165, 1.54) is 0 Å². The Morgan fingerprint density at radius 2 is 2.04 bits per heavy atom. The SMILES string of the molecule is CCCNC(=O)[C@@H](C)C1CCN(C(=O)c2cc3cc(Cl)ccc3[nH]2)CC1. The van der Waals surface area contributed by atoms with Crippen molar-refractivity contribution in [2.45, 2.75) is 33.1 Å². The minimum absolute atomic E-state index is 0.00554. The molecule has 1 aliphatic rings. The van der Waals surface area contributed by atoms with Crippen LogP contribution in [0.5, 0.6) is 0 Å². The van der Waals surface area contributed by atoms with E-state index in [0.717, 1.165) is 36.7 Å². The van der Waals surface area contributed by atoms with Gasteiger partial charge in [0.1, 0.15) is 5.69 Å². The van der Waals surface area contributed by atoms with Crippen LogP contribution in [0.25, 0.3) is 10.9 Å². The molecular formula is C20H26ClN3O2. The number of H-pyrrole nitrogens is 1. The Labute approximate surface area is 159 Å². The Hall–Kier alpha value is -2.01. The second kappa shape index (κ2) is 8.12. The molecule has 26 heavy (non-hydrogen) atoms. The number of halogens is 1. The summed E-state index contributed by atoms with van der Waals surface area (Å²) in [4.78, 5) is 30.0. The Kier molecular flexibility index (Phi) is 5.87. The molecule has 2 N–H and O–H groups in total. The van der Waals surface area contributed by atoms with Crippen molar-refractivity contribution in [2.24, 2.45) is 11.8 Å². The molecule has 2 heterocycles. The van der Waals surface area contributed by atoms with Crippen molar-refractivity contribution in [1.82, 2.24) is 15.2 Å². The summed E-state index contributed by atoms with van der Waals surface area (Å²) in [6.07, 6.45) is 2.66. The maximum Gasteiger partial charge on any atom is 0.270 e. The largest absolute Gasteiger partial charge is 0.356 e. The topological polar surface area (TPSA) is 65.2 Å². The average Bonchev–Trinajstić information content (AvgIpc) is 3.08. The number of carbonyl (C=O) groups is 2. The van der Waals surface area contributed by atoms with Crippen molar-refractivity contribution in [2.75, 3.05) is 19.6 Å². The van der Waals surface area contributed by atoms with E-state index < -0.39 is 0 Å². The quantitative estimate of drug-likeness (QED) is 0.833. The lowest BCUT2D eigenvalue weighted by Crippen LogP contribution is -2.42. The Balaban J connectivity index is 1.60. The van der Waals surface area contributed by atoms with Gasteiger partial charge in [-0.3, -0.25) is 9.59 Å². The van der Waals surface area contributed by atoms with Crippen LogP contribution in [0.1, 0.15) is 43.6 Å². The second-order valence-electron chi connectivity index (χ2n) is 7.12. The predicted octanol–water partition coefficient (Wildman–Crippen LogP) is 3.84. The number of benzene rings is 1. The number of nitrogens with zero attached hydrogens (tertiary/aromatic N) is 1. The number of rotatable bonds is 5. The van der Waals surface area contributed by atoms with Gasteiger partial charge in [-0.05, 0) is 49.4 Å². The fraction of sp³-hybridized carbons (Fsp3) is 0.500. The molecule has 0 radical (unpaired) electrons. The number of nitrogens with one attached hydrogen (secondary N) is 2. The van der Waals surface area contributed by atoms with Gasteiger partial charge in [0.05, 0.1) is 0 Å². The number of aromatic nitrogens is 1. The van der Waals surface area contributed by atoms with Gasteiger partial charge in [0.15, 0.2) is 0 Å². The second-order valence-corrected chi connectivity index (χ2v) is 7.56. The van der Waals surface area contributed by atoms with Gasteiger partial charge in [0.2, 0.25) is 5.91 Å². The van der Waals surface area contributed by atoms with E-state index in [9.17, 15) is 9.59 Å². The van der Waals surface area contributed by atoms with Crippen molar-refractivity contribution < 1.29 is 9.59 Å². The molecule has 1 aromatic heterocycles. The van der Waals surface area contributed by atoms with Gasteiger partial charge in [0, 0.05) is 41.5 Å². The maximum atomic E-state index is 12.8. The highest BCUT2D eigenvalue weighted by atomic mass is 35.5. The molecule has 140 valence electrons. The lowest BCUT2D eigenvalue weighted by Gasteiger charge is -2.34. The summed E-state index contributed by atoms with van der Waals surface area (Å²) in [5.74, 6) is 0.467. The van der Waals surface area contributed by atoms with Gasteiger partial charge >= 0.3 is 0 Å². The number of aromatic amines is 1. The van der Waals surface area contributed by atoms with E-state index in [0.29, 0.717) is 29.7 Å². The van der Waals surface area contributed by atoms with E-state index in [2.05, 4.69) is 10.3 Å². The molecule has 0 bridgehead atoms. The molecule has 3 rings (SSSR count). The third-order valence-electron chi connectivity index (χ3n) is 5.31. The van der Waals surface area contributed by atoms with Crippen LogP contribution in [-0.2, 0) is 4.79 Å². The Morgan fingerprint density at radius 3 is 2.73 bits per heavy atom. The normalized spacial score (nSPS) is 16.7. The van der Waals surface area contributed by atoms with Crippen LogP contribution in [0.15, 0.2) is 24.3 Å². The van der Waals surface area contributed by atoms with Crippen LogP contribution in [-0.4, -0.2) is 41.3 Å². The standard InChI is InChI=1S/C20H26ClN3O2/c1-3-8-22-19(25)13(2)14-6-9-24(10-7-14)20(26)18-12-15-11-16(21)4-5-17(15)23-18/h4-5,11-14,23H,3,6-10H2,1-2H3,(H,22,25)/t13-/m0/s1. The zero-order valence-corrected chi connectivity index (χ0v) is 16.1. The number of piperidine rings is 1. The number of likely N-dealkylation sites (tertiary alicyclic amines) is 1. The molecule has 1 fully saturated rings. The van der Waals surface area contributed by atoms with Crippen molar-refractivity contribution in [3.05, 3.63) is 35.0 Å². The van der Waals surface area contributed by atoms with Gasteiger partial charge in [0.25, 0.3) is 5.91 Å². The van der Waals surface area contributed by atoms with Gasteiger partial charge < -0.3 is 15.2 Å². The molecular weight excluding hydrogens is 350 g/mol. The van der Waals surface area contributed by atoms with Crippen molar-refractivity contribution >= 4 is 34.3 Å². The molecule has 5 nitrogen and oxygen atoms in total. The highest BCUT2D eigenvalue weighted by Gasteiger charge is 2.30. The van der Waals surface area contributed by atoms with Gasteiger partial charge in [-0.2, -0.15) is 0 Å². The van der Waals surface area contributed by atoms with E-state index >= 15 is 0 Å². The minimum Gasteiger partial charge on any atom is -0.356 e. The molecule has 1 atom stereocenters. The number of amides is 2. The van der Waals surface area contributed by atoms with Crippen LogP contribution in [0.2, 0.25) is 5.02 Å². The fourth-order valence-electron chi connectivity index (χ4n) is 3.61. The molecule has 0 spiro atoms. The monoisotopic (exact) mass is 375 g/mol. The third-order valence-corrected chi connectivity index (χ3v) is 5.55. The van der Waals surface area contributed by atoms with Crippen LogP contribution in [0, 0.1) is 11.8 Å². The highest BCUT2D eigenvalue weighted by molar-refractivity contribution is 6.31. The van der Waals surface area contributed by atoms with E-state index in [-0.39, 0.29) is 17.7 Å². The predicted molar refractivity (Wildman–Crippen MR) is 104 cm³/mol. The van der Waals surface area contributed by atoms with Crippen LogP contribution < -0.4 is 5.32 Å². The first-order chi connectivity index (χ1) is 12.5. The highest BCUT2D eigenvalue weighted by Crippen LogP contribution is 2.27. The first kappa shape index (κ1) is 18.8. The minimum atomic E-state index is -0.00554. The molecule has 1 aromatic carbocycles. The lowest BCUT2D eigenvalue weighted by atomic mass is 9.84. The third kappa shape index (κ3) is 4.04. The molecule has 2 amide bonds. The number of carbonyl (C=O) groups excluding carboxylic acids is 2. The van der Waals surface area contributed by atoms with Gasteiger partial charge in [-0.25, -0.2) is 0 Å².